The van der Waals surface area contributed by atoms with Gasteiger partial charge in [0.1, 0.15) is 5.75 Å². The van der Waals surface area contributed by atoms with E-state index in [0.29, 0.717) is 13.2 Å². The smallest absolute Gasteiger partial charge is 0.355 e. The predicted molar refractivity (Wildman–Crippen MR) is 124 cm³/mol. The highest BCUT2D eigenvalue weighted by Gasteiger charge is 2.14. The summed E-state index contributed by atoms with van der Waals surface area (Å²) in [6, 6.07) is 16.7. The zero-order chi connectivity index (χ0) is 22.9. The van der Waals surface area contributed by atoms with Crippen LogP contribution in [-0.4, -0.2) is 39.8 Å². The van der Waals surface area contributed by atoms with E-state index in [2.05, 4.69) is 15.3 Å². The first-order chi connectivity index (χ1) is 15.5. The van der Waals surface area contributed by atoms with Gasteiger partial charge in [-0.15, -0.1) is 0 Å². The highest BCUT2D eigenvalue weighted by molar-refractivity contribution is 5.75. The number of nitrogens with zero attached hydrogens (tertiary/aromatic N) is 4. The molecule has 3 aromatic rings. The van der Waals surface area contributed by atoms with Crippen LogP contribution in [0.4, 0.5) is 5.95 Å². The molecule has 0 saturated heterocycles. The maximum Gasteiger partial charge on any atom is 0.355 e. The molecule has 0 amide bonds. The lowest BCUT2D eigenvalue weighted by atomic mass is 10.2. The van der Waals surface area contributed by atoms with Crippen molar-refractivity contribution < 1.29 is 4.74 Å². The normalized spacial score (nSPS) is 10.5. The molecule has 0 aliphatic heterocycles. The maximum atomic E-state index is 13.3. The van der Waals surface area contributed by atoms with Crippen LogP contribution in [0.15, 0.2) is 69.2 Å². The molecule has 10 heteroatoms. The van der Waals surface area contributed by atoms with Gasteiger partial charge in [-0.05, 0) is 30.2 Å². The summed E-state index contributed by atoms with van der Waals surface area (Å²) < 4.78 is 8.02. The second kappa shape index (κ2) is 10.8. The third kappa shape index (κ3) is 5.97. The molecule has 0 aliphatic carbocycles. The molecule has 2 aromatic carbocycles. The topological polar surface area (TPSA) is 143 Å². The van der Waals surface area contributed by atoms with E-state index in [1.54, 1.807) is 0 Å². The van der Waals surface area contributed by atoms with Crippen molar-refractivity contribution in [1.29, 1.82) is 0 Å². The van der Waals surface area contributed by atoms with Crippen molar-refractivity contribution in [1.82, 2.24) is 14.1 Å². The number of benzene rings is 2. The fraction of sp³-hybridized carbons (Fsp3) is 0.273. The Morgan fingerprint density at radius 3 is 2.31 bits per heavy atom. The van der Waals surface area contributed by atoms with Crippen molar-refractivity contribution in [3.63, 3.8) is 0 Å². The van der Waals surface area contributed by atoms with Gasteiger partial charge in [-0.3, -0.25) is 9.56 Å². The van der Waals surface area contributed by atoms with Gasteiger partial charge in [-0.2, -0.15) is 4.98 Å². The number of nitrogens with two attached hydrogens (primary N) is 2. The van der Waals surface area contributed by atoms with Gasteiger partial charge in [-0.1, -0.05) is 42.5 Å². The number of guanidine groups is 1. The fourth-order valence-corrected chi connectivity index (χ4v) is 3.10. The Hall–Kier alpha value is -4.08. The van der Waals surface area contributed by atoms with E-state index in [0.717, 1.165) is 21.4 Å². The number of hydrogen-bond donors (Lipinski definition) is 3. The van der Waals surface area contributed by atoms with Crippen LogP contribution < -0.4 is 32.9 Å². The molecule has 5 N–H and O–H groups in total. The van der Waals surface area contributed by atoms with E-state index in [-0.39, 0.29) is 31.5 Å². The van der Waals surface area contributed by atoms with E-state index in [9.17, 15) is 9.59 Å². The second-order valence-corrected chi connectivity index (χ2v) is 6.97. The zero-order valence-electron chi connectivity index (χ0n) is 17.9. The number of aromatic nitrogens is 3. The van der Waals surface area contributed by atoms with E-state index in [1.165, 1.54) is 4.57 Å². The van der Waals surface area contributed by atoms with Crippen LogP contribution in [0.5, 0.6) is 5.75 Å². The summed E-state index contributed by atoms with van der Waals surface area (Å²) in [5.41, 5.74) is 11.3. The fourth-order valence-electron chi connectivity index (χ4n) is 3.10. The average molecular weight is 438 g/mol. The Kier molecular flexibility index (Phi) is 7.63. The maximum absolute atomic E-state index is 13.3. The SMILES string of the molecule is CCOc1ccc(Cn2c(NCCN=C(N)N)nc(=O)n(Cc3ccccc3)c2=O)cc1. The van der Waals surface area contributed by atoms with Crippen LogP contribution in [0.1, 0.15) is 18.1 Å². The van der Waals surface area contributed by atoms with Crippen LogP contribution in [0.3, 0.4) is 0 Å². The lowest BCUT2D eigenvalue weighted by Gasteiger charge is -2.15. The summed E-state index contributed by atoms with van der Waals surface area (Å²) >= 11 is 0. The molecule has 0 radical (unpaired) electrons. The van der Waals surface area contributed by atoms with Gasteiger partial charge in [0.15, 0.2) is 5.96 Å². The molecule has 168 valence electrons. The third-order valence-electron chi connectivity index (χ3n) is 4.60. The predicted octanol–water partition coefficient (Wildman–Crippen LogP) is 0.586. The van der Waals surface area contributed by atoms with E-state index in [4.69, 9.17) is 16.2 Å². The van der Waals surface area contributed by atoms with Gasteiger partial charge in [0.25, 0.3) is 0 Å². The Bertz CT molecular complexity index is 1160. The first-order valence-electron chi connectivity index (χ1n) is 10.2. The molecule has 0 saturated carbocycles. The van der Waals surface area contributed by atoms with Crippen molar-refractivity contribution in [3.8, 4) is 5.75 Å². The summed E-state index contributed by atoms with van der Waals surface area (Å²) in [7, 11) is 0. The number of nitrogens with one attached hydrogen (secondary N) is 1. The summed E-state index contributed by atoms with van der Waals surface area (Å²) in [4.78, 5) is 33.9. The third-order valence-corrected chi connectivity index (χ3v) is 4.60. The molecule has 1 aromatic heterocycles. The van der Waals surface area contributed by atoms with Crippen LogP contribution >= 0.6 is 0 Å². The van der Waals surface area contributed by atoms with E-state index in [1.807, 2.05) is 61.5 Å². The molecule has 0 aliphatic rings. The first-order valence-corrected chi connectivity index (χ1v) is 10.2. The van der Waals surface area contributed by atoms with Crippen LogP contribution in [0, 0.1) is 0 Å². The minimum atomic E-state index is -0.633. The molecule has 0 fully saturated rings. The van der Waals surface area contributed by atoms with Gasteiger partial charge in [0.2, 0.25) is 5.95 Å². The van der Waals surface area contributed by atoms with Crippen molar-refractivity contribution >= 4 is 11.9 Å². The highest BCUT2D eigenvalue weighted by Crippen LogP contribution is 2.13. The van der Waals surface area contributed by atoms with Gasteiger partial charge in [0, 0.05) is 6.54 Å². The van der Waals surface area contributed by atoms with Gasteiger partial charge >= 0.3 is 11.4 Å². The summed E-state index contributed by atoms with van der Waals surface area (Å²) in [6.45, 7) is 3.40. The van der Waals surface area contributed by atoms with Crippen molar-refractivity contribution in [2.75, 3.05) is 25.0 Å². The largest absolute Gasteiger partial charge is 0.494 e. The summed E-state index contributed by atoms with van der Waals surface area (Å²) in [6.07, 6.45) is 0. The van der Waals surface area contributed by atoms with Crippen LogP contribution in [-0.2, 0) is 13.1 Å². The monoisotopic (exact) mass is 437 g/mol. The minimum Gasteiger partial charge on any atom is -0.494 e. The van der Waals surface area contributed by atoms with Crippen LogP contribution in [0.25, 0.3) is 0 Å². The van der Waals surface area contributed by atoms with Crippen LogP contribution in [0.2, 0.25) is 0 Å². The molecule has 0 unspecified atom stereocenters. The first kappa shape index (κ1) is 22.6. The number of aliphatic imine (C=N–C) groups is 1. The van der Waals surface area contributed by atoms with E-state index < -0.39 is 11.4 Å². The molecule has 0 bridgehead atoms. The lowest BCUT2D eigenvalue weighted by molar-refractivity contribution is 0.340. The Morgan fingerprint density at radius 2 is 1.66 bits per heavy atom. The summed E-state index contributed by atoms with van der Waals surface area (Å²) in [5, 5.41) is 2.99. The molecular weight excluding hydrogens is 410 g/mol. The van der Waals surface area contributed by atoms with Gasteiger partial charge < -0.3 is 21.5 Å². The highest BCUT2D eigenvalue weighted by atomic mass is 16.5. The van der Waals surface area contributed by atoms with Crippen molar-refractivity contribution in [2.45, 2.75) is 20.0 Å². The average Bonchev–Trinajstić information content (AvgIpc) is 2.78. The van der Waals surface area contributed by atoms with E-state index >= 15 is 0 Å². The quantitative estimate of drug-likeness (QED) is 0.239. The molecular formula is C22H27N7O3. The number of anilines is 1. The number of ether oxygens (including phenoxy) is 1. The standard InChI is InChI=1S/C22H27N7O3/c1-2-32-18-10-8-17(9-11-18)14-28-20(26-13-12-25-19(23)24)27-21(30)29(22(28)31)15-16-6-4-3-5-7-16/h3-11H,2,12-15H2,1H3,(H4,23,24,25)(H,26,27,30). The molecule has 32 heavy (non-hydrogen) atoms. The zero-order valence-corrected chi connectivity index (χ0v) is 17.9. The number of rotatable bonds is 10. The summed E-state index contributed by atoms with van der Waals surface area (Å²) in [5.74, 6) is 0.861. The molecule has 0 atom stereocenters. The molecule has 1 heterocycles. The minimum absolute atomic E-state index is 0.0372. The second-order valence-electron chi connectivity index (χ2n) is 6.97. The van der Waals surface area contributed by atoms with Gasteiger partial charge in [-0.25, -0.2) is 14.2 Å². The Morgan fingerprint density at radius 1 is 1.00 bits per heavy atom. The van der Waals surface area contributed by atoms with Crippen molar-refractivity contribution in [2.24, 2.45) is 16.5 Å². The molecule has 0 spiro atoms. The molecule has 3 rings (SSSR count). The van der Waals surface area contributed by atoms with Crippen molar-refractivity contribution in [3.05, 3.63) is 86.7 Å². The molecule has 10 nitrogen and oxygen atoms in total. The number of hydrogen-bond acceptors (Lipinski definition) is 6. The van der Waals surface area contributed by atoms with Gasteiger partial charge in [0.05, 0.1) is 26.2 Å². The Labute approximate surface area is 185 Å². The Balaban J connectivity index is 1.95. The lowest BCUT2D eigenvalue weighted by Crippen LogP contribution is -2.43.